The van der Waals surface area contributed by atoms with Gasteiger partial charge in [-0.1, -0.05) is 25.4 Å². The van der Waals surface area contributed by atoms with Crippen LogP contribution in [0.15, 0.2) is 24.3 Å². The molecule has 3 nitrogen and oxygen atoms in total. The van der Waals surface area contributed by atoms with E-state index in [1.807, 2.05) is 34.6 Å². The molecule has 0 atom stereocenters. The Morgan fingerprint density at radius 2 is 1.65 bits per heavy atom. The van der Waals surface area contributed by atoms with E-state index in [0.29, 0.717) is 10.7 Å². The number of halogens is 1. The number of carbonyl (C=O) groups excluding carboxylic acids is 1. The number of hydrogen-bond acceptors (Lipinski definition) is 2. The van der Waals surface area contributed by atoms with E-state index in [-0.39, 0.29) is 0 Å². The summed E-state index contributed by atoms with van der Waals surface area (Å²) in [7, 11) is 0. The quantitative estimate of drug-likeness (QED) is 0.791. The van der Waals surface area contributed by atoms with Crippen molar-refractivity contribution in [3.63, 3.8) is 0 Å². The van der Waals surface area contributed by atoms with Crippen LogP contribution in [0.1, 0.15) is 34.6 Å². The molecule has 0 spiro atoms. The van der Waals surface area contributed by atoms with Crippen molar-refractivity contribution < 1.29 is 9.53 Å². The molecular formula is C13H20ClNO2. The molecule has 0 bridgehead atoms. The van der Waals surface area contributed by atoms with Gasteiger partial charge in [0.25, 0.3) is 0 Å². The lowest BCUT2D eigenvalue weighted by Gasteiger charge is -2.19. The van der Waals surface area contributed by atoms with Crippen molar-refractivity contribution >= 4 is 23.4 Å². The van der Waals surface area contributed by atoms with Crippen molar-refractivity contribution in [2.45, 2.75) is 40.2 Å². The van der Waals surface area contributed by atoms with Crippen LogP contribution in [0.4, 0.5) is 10.5 Å². The maximum Gasteiger partial charge on any atom is 0.412 e. The first-order chi connectivity index (χ1) is 7.87. The van der Waals surface area contributed by atoms with E-state index in [0.717, 1.165) is 0 Å². The summed E-state index contributed by atoms with van der Waals surface area (Å²) < 4.78 is 5.09. The second-order valence-electron chi connectivity index (χ2n) is 4.13. The minimum Gasteiger partial charge on any atom is -0.444 e. The zero-order valence-electron chi connectivity index (χ0n) is 11.0. The summed E-state index contributed by atoms with van der Waals surface area (Å²) in [6.45, 7) is 9.44. The minimum atomic E-state index is -0.490. The van der Waals surface area contributed by atoms with Crippen molar-refractivity contribution in [1.29, 1.82) is 0 Å². The molecule has 0 radical (unpaired) electrons. The highest BCUT2D eigenvalue weighted by Crippen LogP contribution is 2.15. The van der Waals surface area contributed by atoms with E-state index in [1.54, 1.807) is 24.3 Å². The number of ether oxygens (including phenoxy) is 1. The molecule has 0 aliphatic heterocycles. The molecule has 0 saturated heterocycles. The Kier molecular flexibility index (Phi) is 6.66. The zero-order valence-corrected chi connectivity index (χ0v) is 11.8. The standard InChI is InChI=1S/C11H14ClNO2.C2H6/c1-11(2,3)15-10(14)13-9-6-4-8(12)5-7-9;1-2/h4-7H,1-3H3,(H,13,14);1-2H3. The van der Waals surface area contributed by atoms with Crippen LogP contribution in [0.2, 0.25) is 5.02 Å². The first-order valence-corrected chi connectivity index (χ1v) is 6.00. The highest BCUT2D eigenvalue weighted by Gasteiger charge is 2.15. The lowest BCUT2D eigenvalue weighted by Crippen LogP contribution is -2.27. The van der Waals surface area contributed by atoms with Crippen LogP contribution < -0.4 is 5.32 Å². The number of hydrogen-bond donors (Lipinski definition) is 1. The van der Waals surface area contributed by atoms with Gasteiger partial charge in [-0.3, -0.25) is 5.32 Å². The monoisotopic (exact) mass is 257 g/mol. The van der Waals surface area contributed by atoms with Crippen molar-refractivity contribution in [2.24, 2.45) is 0 Å². The lowest BCUT2D eigenvalue weighted by molar-refractivity contribution is 0.0636. The number of anilines is 1. The van der Waals surface area contributed by atoms with E-state index in [9.17, 15) is 4.79 Å². The Morgan fingerprint density at radius 3 is 2.06 bits per heavy atom. The maximum atomic E-state index is 11.3. The third-order valence-electron chi connectivity index (χ3n) is 1.49. The fourth-order valence-corrected chi connectivity index (χ4v) is 1.08. The average Bonchev–Trinajstić information content (AvgIpc) is 2.22. The SMILES string of the molecule is CC.CC(C)(C)OC(=O)Nc1ccc(Cl)cc1. The highest BCUT2D eigenvalue weighted by molar-refractivity contribution is 6.30. The first kappa shape index (κ1) is 15.8. The number of rotatable bonds is 1. The lowest BCUT2D eigenvalue weighted by atomic mass is 10.2. The average molecular weight is 258 g/mol. The fourth-order valence-electron chi connectivity index (χ4n) is 0.955. The third-order valence-corrected chi connectivity index (χ3v) is 1.74. The van der Waals surface area contributed by atoms with Crippen LogP contribution in [-0.4, -0.2) is 11.7 Å². The molecule has 1 amide bonds. The van der Waals surface area contributed by atoms with E-state index < -0.39 is 11.7 Å². The molecule has 1 N–H and O–H groups in total. The molecule has 96 valence electrons. The number of nitrogens with one attached hydrogen (secondary N) is 1. The predicted octanol–water partition coefficient (Wildman–Crippen LogP) is 4.71. The Bertz CT molecular complexity index is 341. The van der Waals surface area contributed by atoms with Gasteiger partial charge in [-0.15, -0.1) is 0 Å². The molecule has 1 aromatic carbocycles. The van der Waals surface area contributed by atoms with Gasteiger partial charge in [-0.2, -0.15) is 0 Å². The summed E-state index contributed by atoms with van der Waals surface area (Å²) in [5.41, 5.74) is 0.171. The van der Waals surface area contributed by atoms with Gasteiger partial charge >= 0.3 is 6.09 Å². The van der Waals surface area contributed by atoms with Crippen molar-refractivity contribution in [3.05, 3.63) is 29.3 Å². The van der Waals surface area contributed by atoms with E-state index in [2.05, 4.69) is 5.32 Å². The van der Waals surface area contributed by atoms with Gasteiger partial charge in [0.05, 0.1) is 0 Å². The second-order valence-corrected chi connectivity index (χ2v) is 4.57. The molecule has 0 fully saturated rings. The molecule has 0 saturated carbocycles. The minimum absolute atomic E-state index is 0.468. The predicted molar refractivity (Wildman–Crippen MR) is 72.7 cm³/mol. The van der Waals surface area contributed by atoms with E-state index >= 15 is 0 Å². The normalized spacial score (nSPS) is 10.0. The summed E-state index contributed by atoms with van der Waals surface area (Å²) >= 11 is 5.71. The van der Waals surface area contributed by atoms with Crippen LogP contribution in [0.5, 0.6) is 0 Å². The van der Waals surface area contributed by atoms with Gasteiger partial charge < -0.3 is 4.74 Å². The number of benzene rings is 1. The van der Waals surface area contributed by atoms with Gasteiger partial charge in [0.1, 0.15) is 5.60 Å². The van der Waals surface area contributed by atoms with E-state index in [4.69, 9.17) is 16.3 Å². The van der Waals surface area contributed by atoms with Crippen LogP contribution >= 0.6 is 11.6 Å². The Balaban J connectivity index is 0.00000121. The molecule has 0 aliphatic rings. The van der Waals surface area contributed by atoms with Gasteiger partial charge in [-0.05, 0) is 45.0 Å². The number of carbonyl (C=O) groups is 1. The molecule has 1 aromatic rings. The topological polar surface area (TPSA) is 38.3 Å². The maximum absolute atomic E-state index is 11.3. The molecule has 0 heterocycles. The second kappa shape index (κ2) is 7.17. The summed E-state index contributed by atoms with van der Waals surface area (Å²) in [5, 5.41) is 3.24. The smallest absolute Gasteiger partial charge is 0.412 e. The molecule has 0 aromatic heterocycles. The van der Waals surface area contributed by atoms with Crippen LogP contribution in [-0.2, 0) is 4.74 Å². The van der Waals surface area contributed by atoms with Gasteiger partial charge in [0, 0.05) is 10.7 Å². The Hall–Kier alpha value is -1.22. The van der Waals surface area contributed by atoms with Gasteiger partial charge in [0.15, 0.2) is 0 Å². The van der Waals surface area contributed by atoms with Crippen molar-refractivity contribution in [2.75, 3.05) is 5.32 Å². The first-order valence-electron chi connectivity index (χ1n) is 5.62. The fraction of sp³-hybridized carbons (Fsp3) is 0.462. The molecule has 1 rings (SSSR count). The zero-order chi connectivity index (χ0) is 13.5. The molecule has 17 heavy (non-hydrogen) atoms. The van der Waals surface area contributed by atoms with Crippen molar-refractivity contribution in [1.82, 2.24) is 0 Å². The molecular weight excluding hydrogens is 238 g/mol. The Morgan fingerprint density at radius 1 is 1.18 bits per heavy atom. The van der Waals surface area contributed by atoms with Crippen LogP contribution in [0.3, 0.4) is 0 Å². The molecule has 0 aliphatic carbocycles. The Labute approximate surface area is 108 Å². The number of amides is 1. The summed E-state index contributed by atoms with van der Waals surface area (Å²) in [5.74, 6) is 0. The summed E-state index contributed by atoms with van der Waals surface area (Å²) in [6, 6.07) is 6.83. The van der Waals surface area contributed by atoms with Gasteiger partial charge in [-0.25, -0.2) is 4.79 Å². The molecule has 4 heteroatoms. The third kappa shape index (κ3) is 7.64. The van der Waals surface area contributed by atoms with Crippen LogP contribution in [0.25, 0.3) is 0 Å². The summed E-state index contributed by atoms with van der Waals surface area (Å²) in [6.07, 6.45) is -0.468. The highest BCUT2D eigenvalue weighted by atomic mass is 35.5. The van der Waals surface area contributed by atoms with Crippen molar-refractivity contribution in [3.8, 4) is 0 Å². The largest absolute Gasteiger partial charge is 0.444 e. The van der Waals surface area contributed by atoms with Gasteiger partial charge in [0.2, 0.25) is 0 Å². The summed E-state index contributed by atoms with van der Waals surface area (Å²) in [4.78, 5) is 11.3. The molecule has 0 unspecified atom stereocenters. The van der Waals surface area contributed by atoms with Crippen LogP contribution in [0, 0.1) is 0 Å². The van der Waals surface area contributed by atoms with E-state index in [1.165, 1.54) is 0 Å².